The van der Waals surface area contributed by atoms with E-state index in [1.54, 1.807) is 0 Å². The third kappa shape index (κ3) is 6.38. The Labute approximate surface area is 115 Å². The first-order valence-corrected chi connectivity index (χ1v) is 8.04. The predicted molar refractivity (Wildman–Crippen MR) is 73.7 cm³/mol. The van der Waals surface area contributed by atoms with E-state index in [2.05, 4.69) is 26.0 Å². The molecule has 0 aliphatic heterocycles. The van der Waals surface area contributed by atoms with Gasteiger partial charge in [0, 0.05) is 29.1 Å². The lowest BCUT2D eigenvalue weighted by molar-refractivity contribution is 0.581. The zero-order chi connectivity index (χ0) is 12.9. The van der Waals surface area contributed by atoms with Gasteiger partial charge in [0.25, 0.3) is 0 Å². The van der Waals surface area contributed by atoms with Crippen LogP contribution in [0.3, 0.4) is 0 Å². The van der Waals surface area contributed by atoms with Gasteiger partial charge >= 0.3 is 0 Å². The summed E-state index contributed by atoms with van der Waals surface area (Å²) in [6.07, 6.45) is 1.14. The van der Waals surface area contributed by atoms with Gasteiger partial charge in [-0.15, -0.1) is 0 Å². The summed E-state index contributed by atoms with van der Waals surface area (Å²) in [7, 11) is -3.10. The summed E-state index contributed by atoms with van der Waals surface area (Å²) in [6.45, 7) is 1.61. The normalized spacial score (nSPS) is 11.7. The van der Waals surface area contributed by atoms with Gasteiger partial charge in [-0.05, 0) is 17.7 Å². The van der Waals surface area contributed by atoms with Gasteiger partial charge in [-0.3, -0.25) is 0 Å². The van der Waals surface area contributed by atoms with Crippen molar-refractivity contribution in [1.29, 1.82) is 0 Å². The lowest BCUT2D eigenvalue weighted by Crippen LogP contribution is -2.30. The van der Waals surface area contributed by atoms with E-state index in [-0.39, 0.29) is 0 Å². The molecule has 1 aromatic rings. The molecular weight excluding hydrogens is 328 g/mol. The van der Waals surface area contributed by atoms with Crippen molar-refractivity contribution in [2.45, 2.75) is 6.54 Å². The van der Waals surface area contributed by atoms with Crippen LogP contribution in [0.4, 0.5) is 0 Å². The predicted octanol–water partition coefficient (Wildman–Crippen LogP) is 1.74. The molecular formula is C10H14BrClN2O2S. The Bertz CT molecular complexity index is 479. The average Bonchev–Trinajstić information content (AvgIpc) is 2.18. The smallest absolute Gasteiger partial charge is 0.208 e. The minimum atomic E-state index is -3.10. The number of benzene rings is 1. The van der Waals surface area contributed by atoms with Crippen LogP contribution in [-0.4, -0.2) is 27.8 Å². The molecule has 1 rings (SSSR count). The zero-order valence-electron chi connectivity index (χ0n) is 9.33. The highest BCUT2D eigenvalue weighted by Gasteiger charge is 2.01. The maximum absolute atomic E-state index is 10.8. The summed E-state index contributed by atoms with van der Waals surface area (Å²) in [4.78, 5) is 0. The molecule has 0 aliphatic carbocycles. The van der Waals surface area contributed by atoms with Crippen LogP contribution in [0.1, 0.15) is 5.56 Å². The molecule has 0 aromatic heterocycles. The van der Waals surface area contributed by atoms with E-state index in [1.807, 2.05) is 18.2 Å². The van der Waals surface area contributed by atoms with Crippen molar-refractivity contribution in [3.05, 3.63) is 33.3 Å². The highest BCUT2D eigenvalue weighted by Crippen LogP contribution is 2.21. The van der Waals surface area contributed by atoms with Gasteiger partial charge in [0.05, 0.1) is 6.26 Å². The van der Waals surface area contributed by atoms with Gasteiger partial charge < -0.3 is 5.32 Å². The van der Waals surface area contributed by atoms with Crippen LogP contribution in [-0.2, 0) is 16.6 Å². The van der Waals surface area contributed by atoms with Crippen LogP contribution in [0, 0.1) is 0 Å². The molecule has 0 radical (unpaired) electrons. The van der Waals surface area contributed by atoms with Gasteiger partial charge in [0.1, 0.15) is 0 Å². The Balaban J connectivity index is 2.32. The summed E-state index contributed by atoms with van der Waals surface area (Å²) >= 11 is 9.24. The highest BCUT2D eigenvalue weighted by molar-refractivity contribution is 9.10. The molecule has 0 saturated carbocycles. The van der Waals surface area contributed by atoms with Gasteiger partial charge in [-0.1, -0.05) is 33.6 Å². The van der Waals surface area contributed by atoms with Crippen molar-refractivity contribution >= 4 is 37.6 Å². The van der Waals surface area contributed by atoms with Crippen LogP contribution >= 0.6 is 27.5 Å². The minimum Gasteiger partial charge on any atom is -0.311 e. The van der Waals surface area contributed by atoms with E-state index in [0.29, 0.717) is 24.7 Å². The zero-order valence-corrected chi connectivity index (χ0v) is 12.5. The van der Waals surface area contributed by atoms with E-state index in [9.17, 15) is 8.42 Å². The lowest BCUT2D eigenvalue weighted by atomic mass is 10.2. The lowest BCUT2D eigenvalue weighted by Gasteiger charge is -2.07. The van der Waals surface area contributed by atoms with E-state index in [0.717, 1.165) is 16.3 Å². The number of hydrogen-bond donors (Lipinski definition) is 2. The standard InChI is InChI=1S/C10H14BrClN2O2S/c1-17(15,16)14-5-4-13-7-8-2-3-9(12)6-10(8)11/h2-3,6,13-14H,4-5,7H2,1H3. The third-order valence-corrected chi connectivity index (χ3v) is 3.70. The topological polar surface area (TPSA) is 58.2 Å². The van der Waals surface area contributed by atoms with E-state index >= 15 is 0 Å². The van der Waals surface area contributed by atoms with Gasteiger partial charge in [-0.2, -0.15) is 0 Å². The van der Waals surface area contributed by atoms with Crippen LogP contribution in [0.25, 0.3) is 0 Å². The minimum absolute atomic E-state index is 0.379. The average molecular weight is 342 g/mol. The second-order valence-electron chi connectivity index (χ2n) is 3.58. The molecule has 0 heterocycles. The first-order chi connectivity index (χ1) is 7.88. The molecule has 0 aliphatic rings. The van der Waals surface area contributed by atoms with Gasteiger partial charge in [0.15, 0.2) is 0 Å². The molecule has 0 atom stereocenters. The van der Waals surface area contributed by atoms with Crippen molar-refractivity contribution in [1.82, 2.24) is 10.0 Å². The molecule has 0 bridgehead atoms. The van der Waals surface area contributed by atoms with Crippen molar-refractivity contribution in [3.63, 3.8) is 0 Å². The molecule has 0 amide bonds. The van der Waals surface area contributed by atoms with Crippen molar-refractivity contribution in [3.8, 4) is 0 Å². The van der Waals surface area contributed by atoms with Crippen molar-refractivity contribution in [2.24, 2.45) is 0 Å². The van der Waals surface area contributed by atoms with Crippen LogP contribution in [0.5, 0.6) is 0 Å². The molecule has 0 saturated heterocycles. The summed E-state index contributed by atoms with van der Waals surface area (Å²) < 4.78 is 24.9. The number of halogens is 2. The monoisotopic (exact) mass is 340 g/mol. The number of hydrogen-bond acceptors (Lipinski definition) is 3. The van der Waals surface area contributed by atoms with Crippen LogP contribution < -0.4 is 10.0 Å². The largest absolute Gasteiger partial charge is 0.311 e. The summed E-state index contributed by atoms with van der Waals surface area (Å²) in [5.41, 5.74) is 1.08. The number of nitrogens with one attached hydrogen (secondary N) is 2. The molecule has 4 nitrogen and oxygen atoms in total. The summed E-state index contributed by atoms with van der Waals surface area (Å²) in [5.74, 6) is 0. The van der Waals surface area contributed by atoms with Crippen LogP contribution in [0.15, 0.2) is 22.7 Å². The first-order valence-electron chi connectivity index (χ1n) is 4.98. The Morgan fingerprint density at radius 2 is 2.06 bits per heavy atom. The Morgan fingerprint density at radius 3 is 2.65 bits per heavy atom. The Hall–Kier alpha value is -0.140. The number of rotatable bonds is 6. The second-order valence-corrected chi connectivity index (χ2v) is 6.70. The fraction of sp³-hybridized carbons (Fsp3) is 0.400. The maximum Gasteiger partial charge on any atom is 0.208 e. The van der Waals surface area contributed by atoms with E-state index in [4.69, 9.17) is 11.6 Å². The molecule has 0 unspecified atom stereocenters. The fourth-order valence-electron chi connectivity index (χ4n) is 1.21. The molecule has 17 heavy (non-hydrogen) atoms. The molecule has 0 spiro atoms. The number of sulfonamides is 1. The van der Waals surface area contributed by atoms with E-state index < -0.39 is 10.0 Å². The quantitative estimate of drug-likeness (QED) is 0.775. The third-order valence-electron chi connectivity index (χ3n) is 2.00. The summed E-state index contributed by atoms with van der Waals surface area (Å²) in [5, 5.41) is 3.81. The fourth-order valence-corrected chi connectivity index (χ4v) is 2.51. The van der Waals surface area contributed by atoms with Crippen molar-refractivity contribution in [2.75, 3.05) is 19.3 Å². The molecule has 0 fully saturated rings. The Morgan fingerprint density at radius 1 is 1.35 bits per heavy atom. The summed E-state index contributed by atoms with van der Waals surface area (Å²) in [6, 6.07) is 5.56. The molecule has 2 N–H and O–H groups in total. The maximum atomic E-state index is 10.8. The Kier molecular flexibility index (Phi) is 5.88. The highest BCUT2D eigenvalue weighted by atomic mass is 79.9. The second kappa shape index (κ2) is 6.70. The first kappa shape index (κ1) is 14.9. The van der Waals surface area contributed by atoms with Crippen molar-refractivity contribution < 1.29 is 8.42 Å². The SMILES string of the molecule is CS(=O)(=O)NCCNCc1ccc(Cl)cc1Br. The molecule has 96 valence electrons. The molecule has 1 aromatic carbocycles. The van der Waals surface area contributed by atoms with E-state index in [1.165, 1.54) is 0 Å². The molecule has 7 heteroatoms. The van der Waals surface area contributed by atoms with Gasteiger partial charge in [0.2, 0.25) is 10.0 Å². The van der Waals surface area contributed by atoms with Gasteiger partial charge in [-0.25, -0.2) is 13.1 Å². The van der Waals surface area contributed by atoms with Crippen LogP contribution in [0.2, 0.25) is 5.02 Å².